The summed E-state index contributed by atoms with van der Waals surface area (Å²) < 4.78 is 11.7. The summed E-state index contributed by atoms with van der Waals surface area (Å²) in [6.45, 7) is 5.04. The van der Waals surface area contributed by atoms with Gasteiger partial charge in [-0.05, 0) is 54.8 Å². The van der Waals surface area contributed by atoms with Crippen molar-refractivity contribution in [3.8, 4) is 16.8 Å². The van der Waals surface area contributed by atoms with E-state index in [1.165, 1.54) is 5.57 Å². The smallest absolute Gasteiger partial charge is 0.344 e. The van der Waals surface area contributed by atoms with Crippen LogP contribution in [0.2, 0.25) is 0 Å². The molecule has 0 fully saturated rings. The van der Waals surface area contributed by atoms with E-state index < -0.39 is 0 Å². The highest BCUT2D eigenvalue weighted by Crippen LogP contribution is 2.47. The Morgan fingerprint density at radius 3 is 2.56 bits per heavy atom. The van der Waals surface area contributed by atoms with Gasteiger partial charge in [0, 0.05) is 11.5 Å². The van der Waals surface area contributed by atoms with Crippen LogP contribution < -0.4 is 5.63 Å². The average Bonchev–Trinajstić information content (AvgIpc) is 3.48. The van der Waals surface area contributed by atoms with E-state index in [2.05, 4.69) is 46.5 Å². The Bertz CT molecular complexity index is 1430. The van der Waals surface area contributed by atoms with Crippen molar-refractivity contribution in [3.63, 3.8) is 0 Å². The molecule has 2 unspecified atom stereocenters. The van der Waals surface area contributed by atoms with Crippen LogP contribution in [0.25, 0.3) is 27.8 Å². The minimum Gasteiger partial charge on any atom is -0.494 e. The predicted molar refractivity (Wildman–Crippen MR) is 124 cm³/mol. The monoisotopic (exact) mass is 427 g/mol. The van der Waals surface area contributed by atoms with Gasteiger partial charge in [-0.1, -0.05) is 43.7 Å². The zero-order chi connectivity index (χ0) is 21.8. The standard InChI is InChI=1S/C26H25N3O3/c1-3-4-12-31-24-16-23-22(13-17(24)2)28-27(29(23)28)20-11-10-19-14-21(18-8-6-5-7-9-18)26(30)32-25(19)15-20/h5-11,13-16,22-23H,3-4,12H2,1-2H3. The highest BCUT2D eigenvalue weighted by atomic mass is 16.5. The summed E-state index contributed by atoms with van der Waals surface area (Å²) in [6, 6.07) is 18.1. The van der Waals surface area contributed by atoms with Crippen LogP contribution in [0.1, 0.15) is 38.8 Å². The maximum atomic E-state index is 12.6. The molecule has 162 valence electrons. The molecule has 0 N–H and O–H groups in total. The normalized spacial score (nSPS) is 19.2. The Hall–Kier alpha value is -3.67. The molecule has 0 bridgehead atoms. The second-order valence-electron chi connectivity index (χ2n) is 8.53. The Morgan fingerprint density at radius 1 is 1.00 bits per heavy atom. The van der Waals surface area contributed by atoms with Crippen LogP contribution >= 0.6 is 0 Å². The summed E-state index contributed by atoms with van der Waals surface area (Å²) in [5, 5.41) is 0.908. The molecule has 6 rings (SSSR count). The molecule has 0 spiro atoms. The van der Waals surface area contributed by atoms with Gasteiger partial charge >= 0.3 is 5.63 Å². The molecule has 0 amide bonds. The van der Waals surface area contributed by atoms with E-state index in [9.17, 15) is 4.79 Å². The van der Waals surface area contributed by atoms with E-state index in [0.717, 1.165) is 41.8 Å². The molecule has 2 atom stereocenters. The summed E-state index contributed by atoms with van der Waals surface area (Å²) >= 11 is 0. The van der Waals surface area contributed by atoms with E-state index in [1.807, 2.05) is 48.5 Å². The lowest BCUT2D eigenvalue weighted by atomic mass is 9.96. The second-order valence-corrected chi connectivity index (χ2v) is 8.53. The first-order chi connectivity index (χ1) is 15.7. The fourth-order valence-electron chi connectivity index (χ4n) is 4.60. The average molecular weight is 428 g/mol. The highest BCUT2D eigenvalue weighted by molar-refractivity contribution is 5.83. The molecule has 2 aromatic carbocycles. The number of ether oxygens (including phenoxy) is 1. The van der Waals surface area contributed by atoms with E-state index in [1.54, 1.807) is 0 Å². The minimum absolute atomic E-state index is 0.262. The molecule has 32 heavy (non-hydrogen) atoms. The van der Waals surface area contributed by atoms with Crippen LogP contribution in [-0.2, 0) is 4.74 Å². The quantitative estimate of drug-likeness (QED) is 0.297. The van der Waals surface area contributed by atoms with Gasteiger partial charge in [0.15, 0.2) is 0 Å². The Labute approximate surface area is 185 Å². The maximum Gasteiger partial charge on any atom is 0.344 e. The molecular weight excluding hydrogens is 402 g/mol. The zero-order valence-electron chi connectivity index (χ0n) is 18.2. The molecule has 0 saturated carbocycles. The van der Waals surface area contributed by atoms with Crippen molar-refractivity contribution < 1.29 is 9.15 Å². The molecule has 6 heteroatoms. The first-order valence-electron chi connectivity index (χ1n) is 11.2. The zero-order valence-corrected chi connectivity index (χ0v) is 18.2. The number of benzene rings is 2. The maximum absolute atomic E-state index is 12.6. The Morgan fingerprint density at radius 2 is 1.78 bits per heavy atom. The predicted octanol–water partition coefficient (Wildman–Crippen LogP) is 5.61. The number of hydrogen-bond donors (Lipinski definition) is 0. The van der Waals surface area contributed by atoms with Crippen molar-refractivity contribution in [2.24, 2.45) is 0 Å². The lowest BCUT2D eigenvalue weighted by Crippen LogP contribution is -2.28. The van der Waals surface area contributed by atoms with E-state index in [4.69, 9.17) is 9.15 Å². The van der Waals surface area contributed by atoms with Gasteiger partial charge in [-0.3, -0.25) is 0 Å². The fourth-order valence-corrected chi connectivity index (χ4v) is 4.60. The Kier molecular flexibility index (Phi) is 4.28. The van der Waals surface area contributed by atoms with Crippen LogP contribution in [0.4, 0.5) is 0 Å². The third-order valence-corrected chi connectivity index (χ3v) is 6.37. The van der Waals surface area contributed by atoms with Crippen molar-refractivity contribution in [2.75, 3.05) is 6.61 Å². The first kappa shape index (κ1) is 19.0. The number of allylic oxidation sites excluding steroid dienone is 3. The molecule has 2 aliphatic rings. The lowest BCUT2D eigenvalue weighted by molar-refractivity contribution is 0.200. The van der Waals surface area contributed by atoms with Crippen LogP contribution in [0, 0.1) is 0 Å². The number of aromatic nitrogens is 3. The number of hydrogen-bond acceptors (Lipinski definition) is 3. The second kappa shape index (κ2) is 7.19. The van der Waals surface area contributed by atoms with Crippen molar-refractivity contribution in [2.45, 2.75) is 38.8 Å². The van der Waals surface area contributed by atoms with Crippen LogP contribution in [0.5, 0.6) is 0 Å². The number of unbranched alkanes of at least 4 members (excludes halogenated alkanes) is 1. The molecule has 6 nitrogen and oxygen atoms in total. The Balaban J connectivity index is 1.31. The summed E-state index contributed by atoms with van der Waals surface area (Å²) in [7, 11) is 0. The van der Waals surface area contributed by atoms with Gasteiger partial charge < -0.3 is 9.15 Å². The summed E-state index contributed by atoms with van der Waals surface area (Å²) in [5.74, 6) is 0.990. The van der Waals surface area contributed by atoms with Crippen molar-refractivity contribution in [1.29, 1.82) is 0 Å². The lowest BCUT2D eigenvalue weighted by Gasteiger charge is -2.29. The van der Waals surface area contributed by atoms with Crippen LogP contribution in [-0.4, -0.2) is 21.0 Å². The van der Waals surface area contributed by atoms with Gasteiger partial charge in [0.2, 0.25) is 0 Å². The van der Waals surface area contributed by atoms with Gasteiger partial charge in [0.05, 0.1) is 17.9 Å². The summed E-state index contributed by atoms with van der Waals surface area (Å²) in [4.78, 5) is 19.2. The van der Waals surface area contributed by atoms with Gasteiger partial charge in [0.1, 0.15) is 23.4 Å². The first-order valence-corrected chi connectivity index (χ1v) is 11.2. The van der Waals surface area contributed by atoms with E-state index in [0.29, 0.717) is 17.2 Å². The van der Waals surface area contributed by atoms with Gasteiger partial charge in [-0.15, -0.1) is 0 Å². The highest BCUT2D eigenvalue weighted by Gasteiger charge is 2.48. The molecule has 2 aromatic heterocycles. The molecular formula is C26H25N3O3. The van der Waals surface area contributed by atoms with Crippen molar-refractivity contribution >= 4 is 11.0 Å². The van der Waals surface area contributed by atoms with E-state index >= 15 is 0 Å². The third-order valence-electron chi connectivity index (χ3n) is 6.37. The minimum atomic E-state index is -0.320. The van der Waals surface area contributed by atoms with Crippen molar-refractivity contribution in [1.82, 2.24) is 14.4 Å². The molecule has 0 saturated heterocycles. The van der Waals surface area contributed by atoms with Crippen LogP contribution in [0.3, 0.4) is 0 Å². The third kappa shape index (κ3) is 2.90. The largest absolute Gasteiger partial charge is 0.494 e. The topological polar surface area (TPSA) is 54.2 Å². The fraction of sp³-hybridized carbons (Fsp3) is 0.269. The van der Waals surface area contributed by atoms with Crippen LogP contribution in [0.15, 0.2) is 87.3 Å². The van der Waals surface area contributed by atoms with E-state index in [-0.39, 0.29) is 11.7 Å². The SMILES string of the molecule is CCCCOC1=CC2C(C=C1C)n1n(-c3ccc4cc(-c5ccccc5)c(=O)oc4c3)n12. The molecule has 1 aliphatic carbocycles. The van der Waals surface area contributed by atoms with Gasteiger partial charge in [-0.2, -0.15) is 14.4 Å². The number of fused-ring (bicyclic) bond motifs is 5. The number of rotatable bonds is 6. The molecule has 4 aromatic rings. The summed E-state index contributed by atoms with van der Waals surface area (Å²) in [5.41, 5.74) is 3.89. The summed E-state index contributed by atoms with van der Waals surface area (Å²) in [6.07, 6.45) is 6.69. The number of nitrogens with zero attached hydrogens (tertiary/aromatic N) is 3. The molecule has 0 radical (unpaired) electrons. The molecule has 1 aliphatic heterocycles. The van der Waals surface area contributed by atoms with Gasteiger partial charge in [-0.25, -0.2) is 4.79 Å². The molecule has 3 heterocycles. The van der Waals surface area contributed by atoms with Gasteiger partial charge in [0.25, 0.3) is 0 Å². The van der Waals surface area contributed by atoms with Crippen molar-refractivity contribution in [3.05, 3.63) is 88.5 Å².